The minimum absolute atomic E-state index is 0.120. The van der Waals surface area contributed by atoms with Gasteiger partial charge >= 0.3 is 0 Å². The van der Waals surface area contributed by atoms with Gasteiger partial charge in [-0.2, -0.15) is 0 Å². The molecule has 0 aromatic rings. The van der Waals surface area contributed by atoms with Crippen LogP contribution in [0.25, 0.3) is 0 Å². The first-order valence-corrected chi connectivity index (χ1v) is 6.87. The monoisotopic (exact) mass is 243 g/mol. The summed E-state index contributed by atoms with van der Waals surface area (Å²) in [6.45, 7) is 18.5. The van der Waals surface area contributed by atoms with Gasteiger partial charge < -0.3 is 11.1 Å². The van der Waals surface area contributed by atoms with Crippen LogP contribution in [0.3, 0.4) is 0 Å². The van der Waals surface area contributed by atoms with Crippen LogP contribution in [0.15, 0.2) is 0 Å². The second-order valence-electron chi connectivity index (χ2n) is 6.34. The van der Waals surface area contributed by atoms with Crippen LogP contribution in [0, 0.1) is 5.41 Å². The highest BCUT2D eigenvalue weighted by Gasteiger charge is 2.40. The van der Waals surface area contributed by atoms with E-state index in [-0.39, 0.29) is 11.0 Å². The number of nitrogens with zero attached hydrogens (tertiary/aromatic N) is 1. The summed E-state index contributed by atoms with van der Waals surface area (Å²) in [5, 5.41) is 3.50. The van der Waals surface area contributed by atoms with Gasteiger partial charge in [0.1, 0.15) is 0 Å². The van der Waals surface area contributed by atoms with Crippen LogP contribution < -0.4 is 11.1 Å². The summed E-state index contributed by atoms with van der Waals surface area (Å²) >= 11 is 0. The molecule has 0 radical (unpaired) electrons. The van der Waals surface area contributed by atoms with Gasteiger partial charge in [-0.15, -0.1) is 0 Å². The lowest BCUT2D eigenvalue weighted by Gasteiger charge is -2.49. The maximum Gasteiger partial charge on any atom is 0.0460 e. The molecule has 0 saturated heterocycles. The third-order valence-electron chi connectivity index (χ3n) is 4.35. The minimum Gasteiger partial charge on any atom is -0.318 e. The Balaban J connectivity index is 4.54. The maximum absolute atomic E-state index is 5.85. The molecule has 0 saturated carbocycles. The number of hydrogen-bond donors (Lipinski definition) is 2. The largest absolute Gasteiger partial charge is 0.318 e. The van der Waals surface area contributed by atoms with Crippen LogP contribution in [0.5, 0.6) is 0 Å². The van der Waals surface area contributed by atoms with Crippen molar-refractivity contribution in [2.75, 3.05) is 19.8 Å². The van der Waals surface area contributed by atoms with Crippen LogP contribution in [0.4, 0.5) is 0 Å². The zero-order valence-electron chi connectivity index (χ0n) is 12.9. The summed E-state index contributed by atoms with van der Waals surface area (Å²) in [6.07, 6.45) is 1.16. The Morgan fingerprint density at radius 2 is 1.71 bits per heavy atom. The molecule has 3 N–H and O–H groups in total. The summed E-state index contributed by atoms with van der Waals surface area (Å²) in [5.41, 5.74) is 6.21. The fourth-order valence-electron chi connectivity index (χ4n) is 2.16. The van der Waals surface area contributed by atoms with E-state index in [1.54, 1.807) is 0 Å². The zero-order valence-corrected chi connectivity index (χ0v) is 12.9. The zero-order chi connectivity index (χ0) is 13.7. The Bertz CT molecular complexity index is 206. The number of nitrogens with one attached hydrogen (secondary N) is 1. The van der Waals surface area contributed by atoms with Crippen molar-refractivity contribution in [1.29, 1.82) is 0 Å². The van der Waals surface area contributed by atoms with Crippen molar-refractivity contribution in [3.05, 3.63) is 0 Å². The molecule has 3 heteroatoms. The van der Waals surface area contributed by atoms with Crippen LogP contribution in [0.2, 0.25) is 0 Å². The van der Waals surface area contributed by atoms with Gasteiger partial charge in [0.2, 0.25) is 0 Å². The Labute approximate surface area is 108 Å². The van der Waals surface area contributed by atoms with Crippen molar-refractivity contribution < 1.29 is 0 Å². The second-order valence-corrected chi connectivity index (χ2v) is 6.34. The third-order valence-corrected chi connectivity index (χ3v) is 4.35. The maximum atomic E-state index is 5.85. The van der Waals surface area contributed by atoms with Gasteiger partial charge in [-0.1, -0.05) is 34.6 Å². The fraction of sp³-hybridized carbons (Fsp3) is 1.00. The molecule has 0 rings (SSSR count). The lowest BCUT2D eigenvalue weighted by atomic mass is 9.71. The normalized spacial score (nSPS) is 13.8. The molecule has 0 spiro atoms. The summed E-state index contributed by atoms with van der Waals surface area (Å²) in [6, 6.07) is 0.561. The van der Waals surface area contributed by atoms with Crippen molar-refractivity contribution in [3.63, 3.8) is 0 Å². The van der Waals surface area contributed by atoms with Gasteiger partial charge in [0.25, 0.3) is 0 Å². The molecule has 0 heterocycles. The summed E-state index contributed by atoms with van der Waals surface area (Å²) in [5.74, 6) is 0. The molecular weight excluding hydrogens is 210 g/mol. The van der Waals surface area contributed by atoms with Crippen molar-refractivity contribution in [1.82, 2.24) is 10.2 Å². The van der Waals surface area contributed by atoms with Gasteiger partial charge in [-0.3, -0.25) is 4.90 Å². The molecule has 0 aromatic carbocycles. The van der Waals surface area contributed by atoms with Gasteiger partial charge in [0.05, 0.1) is 0 Å². The molecule has 104 valence electrons. The standard InChI is InChI=1S/C14H33N3/c1-8-17(11-15)14(6,7)13(4,5)9-10-16-12(2)3/h12,16H,8-11,15H2,1-7H3. The molecule has 0 aliphatic rings. The third kappa shape index (κ3) is 4.57. The van der Waals surface area contributed by atoms with Crippen LogP contribution in [-0.4, -0.2) is 36.2 Å². The van der Waals surface area contributed by atoms with E-state index >= 15 is 0 Å². The minimum atomic E-state index is 0.120. The predicted molar refractivity (Wildman–Crippen MR) is 77.1 cm³/mol. The van der Waals surface area contributed by atoms with E-state index in [9.17, 15) is 0 Å². The number of rotatable bonds is 8. The molecule has 0 unspecified atom stereocenters. The molecule has 0 amide bonds. The Hall–Kier alpha value is -0.120. The number of nitrogens with two attached hydrogens (primary N) is 1. The molecule has 0 atom stereocenters. The van der Waals surface area contributed by atoms with Crippen molar-refractivity contribution in [3.8, 4) is 0 Å². The molecule has 0 aromatic heterocycles. The van der Waals surface area contributed by atoms with Gasteiger partial charge in [-0.25, -0.2) is 0 Å². The summed E-state index contributed by atoms with van der Waals surface area (Å²) in [7, 11) is 0. The van der Waals surface area contributed by atoms with Gasteiger partial charge in [-0.05, 0) is 38.8 Å². The van der Waals surface area contributed by atoms with Gasteiger partial charge in [0, 0.05) is 18.2 Å². The molecule has 3 nitrogen and oxygen atoms in total. The molecular formula is C14H33N3. The van der Waals surface area contributed by atoms with Crippen LogP contribution in [-0.2, 0) is 0 Å². The van der Waals surface area contributed by atoms with E-state index in [4.69, 9.17) is 5.73 Å². The Kier molecular flexibility index (Phi) is 6.67. The van der Waals surface area contributed by atoms with E-state index in [2.05, 4.69) is 58.7 Å². The first kappa shape index (κ1) is 16.9. The van der Waals surface area contributed by atoms with Crippen molar-refractivity contribution >= 4 is 0 Å². The van der Waals surface area contributed by atoms with Gasteiger partial charge in [0.15, 0.2) is 0 Å². The topological polar surface area (TPSA) is 41.3 Å². The highest BCUT2D eigenvalue weighted by molar-refractivity contribution is 4.94. The predicted octanol–water partition coefficient (Wildman–Crippen LogP) is 2.42. The fourth-order valence-corrected chi connectivity index (χ4v) is 2.16. The molecule has 0 aliphatic heterocycles. The molecule has 0 bridgehead atoms. The lowest BCUT2D eigenvalue weighted by molar-refractivity contribution is 0.0107. The molecule has 17 heavy (non-hydrogen) atoms. The van der Waals surface area contributed by atoms with E-state index in [0.29, 0.717) is 12.7 Å². The lowest BCUT2D eigenvalue weighted by Crippen LogP contribution is -2.56. The van der Waals surface area contributed by atoms with E-state index < -0.39 is 0 Å². The van der Waals surface area contributed by atoms with E-state index in [1.165, 1.54) is 0 Å². The highest BCUT2D eigenvalue weighted by Crippen LogP contribution is 2.37. The second kappa shape index (κ2) is 6.72. The smallest absolute Gasteiger partial charge is 0.0460 e. The quantitative estimate of drug-likeness (QED) is 0.643. The van der Waals surface area contributed by atoms with E-state index in [0.717, 1.165) is 19.5 Å². The first-order valence-electron chi connectivity index (χ1n) is 6.87. The summed E-state index contributed by atoms with van der Waals surface area (Å²) in [4.78, 5) is 2.35. The molecule has 0 aliphatic carbocycles. The van der Waals surface area contributed by atoms with Crippen molar-refractivity contribution in [2.24, 2.45) is 11.1 Å². The SMILES string of the molecule is CCN(CN)C(C)(C)C(C)(C)CCNC(C)C. The highest BCUT2D eigenvalue weighted by atomic mass is 15.2. The Morgan fingerprint density at radius 3 is 2.06 bits per heavy atom. The Morgan fingerprint density at radius 1 is 1.18 bits per heavy atom. The molecule has 0 fully saturated rings. The average molecular weight is 243 g/mol. The first-order chi connectivity index (χ1) is 7.69. The van der Waals surface area contributed by atoms with Crippen molar-refractivity contribution in [2.45, 2.75) is 66.5 Å². The summed E-state index contributed by atoms with van der Waals surface area (Å²) < 4.78 is 0. The van der Waals surface area contributed by atoms with Crippen LogP contribution in [0.1, 0.15) is 54.9 Å². The number of hydrogen-bond acceptors (Lipinski definition) is 3. The average Bonchev–Trinajstić information content (AvgIpc) is 2.17. The van der Waals surface area contributed by atoms with E-state index in [1.807, 2.05) is 0 Å². The van der Waals surface area contributed by atoms with Crippen LogP contribution >= 0.6 is 0 Å².